The fourth-order valence-electron chi connectivity index (χ4n) is 2.65. The number of methoxy groups -OCH3 is 1. The van der Waals surface area contributed by atoms with Gasteiger partial charge in [0.15, 0.2) is 5.11 Å². The first kappa shape index (κ1) is 16.5. The summed E-state index contributed by atoms with van der Waals surface area (Å²) < 4.78 is 6.13. The highest BCUT2D eigenvalue weighted by atomic mass is 35.5. The van der Waals surface area contributed by atoms with E-state index in [1.54, 1.807) is 7.11 Å². The average Bonchev–Trinajstić information content (AvgIpc) is 2.92. The Hall–Kier alpha value is -1.37. The number of carbonyl (C=O) groups excluding carboxylic acids is 1. The number of hydrogen-bond acceptors (Lipinski definition) is 4. The Labute approximate surface area is 149 Å². The standard InChI is InChI=1S/C16H17ClN2O2S2/c1-21-10-5-6-11-12(9-10)23-14(13(11)17)15(20)18-16(22)19-7-3-2-4-8-19/h5-6,9H,2-4,7-8H2,1H3,(H,18,20,22). The normalized spacial score (nSPS) is 14.8. The number of nitrogens with zero attached hydrogens (tertiary/aromatic N) is 1. The highest BCUT2D eigenvalue weighted by Crippen LogP contribution is 2.37. The van der Waals surface area contributed by atoms with Crippen molar-refractivity contribution in [3.8, 4) is 5.75 Å². The van der Waals surface area contributed by atoms with Crippen LogP contribution in [0.25, 0.3) is 10.1 Å². The van der Waals surface area contributed by atoms with E-state index in [9.17, 15) is 4.79 Å². The monoisotopic (exact) mass is 368 g/mol. The summed E-state index contributed by atoms with van der Waals surface area (Å²) in [5.41, 5.74) is 0. The molecule has 1 fully saturated rings. The molecule has 2 aromatic rings. The molecule has 0 spiro atoms. The molecule has 1 amide bonds. The number of hydrogen-bond donors (Lipinski definition) is 1. The number of amides is 1. The average molecular weight is 369 g/mol. The molecule has 1 aliphatic rings. The van der Waals surface area contributed by atoms with Crippen LogP contribution in [0.15, 0.2) is 18.2 Å². The van der Waals surface area contributed by atoms with Crippen molar-refractivity contribution in [3.63, 3.8) is 0 Å². The van der Waals surface area contributed by atoms with Gasteiger partial charge in [0.25, 0.3) is 5.91 Å². The number of halogens is 1. The lowest BCUT2D eigenvalue weighted by Gasteiger charge is -2.28. The Balaban J connectivity index is 1.80. The van der Waals surface area contributed by atoms with Crippen molar-refractivity contribution < 1.29 is 9.53 Å². The minimum absolute atomic E-state index is 0.245. The number of benzene rings is 1. The molecule has 1 aliphatic heterocycles. The minimum atomic E-state index is -0.245. The van der Waals surface area contributed by atoms with Crippen molar-refractivity contribution in [1.29, 1.82) is 0 Å². The Morgan fingerprint density at radius 3 is 2.78 bits per heavy atom. The first-order valence-electron chi connectivity index (χ1n) is 7.46. The van der Waals surface area contributed by atoms with Crippen molar-refractivity contribution in [2.75, 3.05) is 20.2 Å². The van der Waals surface area contributed by atoms with Crippen molar-refractivity contribution >= 4 is 56.3 Å². The van der Waals surface area contributed by atoms with E-state index in [0.717, 1.165) is 41.8 Å². The molecule has 23 heavy (non-hydrogen) atoms. The summed E-state index contributed by atoms with van der Waals surface area (Å²) >= 11 is 13.1. The third-order valence-electron chi connectivity index (χ3n) is 3.91. The fourth-order valence-corrected chi connectivity index (χ4v) is 4.36. The summed E-state index contributed by atoms with van der Waals surface area (Å²) in [5.74, 6) is 0.497. The van der Waals surface area contributed by atoms with Crippen LogP contribution in [-0.2, 0) is 0 Å². The second-order valence-electron chi connectivity index (χ2n) is 5.41. The third-order valence-corrected chi connectivity index (χ3v) is 5.92. The van der Waals surface area contributed by atoms with Gasteiger partial charge in [0.2, 0.25) is 0 Å². The molecule has 3 rings (SSSR count). The quantitative estimate of drug-likeness (QED) is 0.811. The topological polar surface area (TPSA) is 41.6 Å². The van der Waals surface area contributed by atoms with E-state index in [1.165, 1.54) is 17.8 Å². The number of fused-ring (bicyclic) bond motifs is 1. The molecular weight excluding hydrogens is 352 g/mol. The number of piperidine rings is 1. The molecule has 0 bridgehead atoms. The summed E-state index contributed by atoms with van der Waals surface area (Å²) in [5, 5.41) is 4.61. The smallest absolute Gasteiger partial charge is 0.269 e. The van der Waals surface area contributed by atoms with Gasteiger partial charge in [0, 0.05) is 23.2 Å². The lowest BCUT2D eigenvalue weighted by molar-refractivity contribution is 0.0976. The minimum Gasteiger partial charge on any atom is -0.497 e. The van der Waals surface area contributed by atoms with Crippen LogP contribution in [0.3, 0.4) is 0 Å². The lowest BCUT2D eigenvalue weighted by atomic mass is 10.1. The molecule has 2 heterocycles. The Morgan fingerprint density at radius 1 is 1.35 bits per heavy atom. The van der Waals surface area contributed by atoms with Gasteiger partial charge in [0.1, 0.15) is 10.6 Å². The molecule has 1 saturated heterocycles. The molecule has 0 unspecified atom stereocenters. The number of thiophene rings is 1. The highest BCUT2D eigenvalue weighted by Gasteiger charge is 2.21. The second-order valence-corrected chi connectivity index (χ2v) is 7.23. The maximum atomic E-state index is 12.5. The van der Waals surface area contributed by atoms with Gasteiger partial charge in [-0.05, 0) is 49.7 Å². The van der Waals surface area contributed by atoms with Gasteiger partial charge in [-0.3, -0.25) is 10.1 Å². The molecule has 0 aliphatic carbocycles. The van der Waals surface area contributed by atoms with Crippen LogP contribution >= 0.6 is 35.2 Å². The summed E-state index contributed by atoms with van der Waals surface area (Å²) in [6.45, 7) is 1.80. The van der Waals surface area contributed by atoms with E-state index in [2.05, 4.69) is 5.32 Å². The second kappa shape index (κ2) is 7.03. The molecule has 1 N–H and O–H groups in total. The summed E-state index contributed by atoms with van der Waals surface area (Å²) in [6.07, 6.45) is 3.44. The summed E-state index contributed by atoms with van der Waals surface area (Å²) in [6, 6.07) is 5.58. The van der Waals surface area contributed by atoms with Crippen LogP contribution in [-0.4, -0.2) is 36.1 Å². The summed E-state index contributed by atoms with van der Waals surface area (Å²) in [7, 11) is 1.61. The number of thiocarbonyl (C=S) groups is 1. The SMILES string of the molecule is COc1ccc2c(Cl)c(C(=O)NC(=S)N3CCCCC3)sc2c1. The number of nitrogens with one attached hydrogen (secondary N) is 1. The van der Waals surface area contributed by atoms with Gasteiger partial charge < -0.3 is 9.64 Å². The summed E-state index contributed by atoms with van der Waals surface area (Å²) in [4.78, 5) is 15.0. The molecule has 122 valence electrons. The molecule has 1 aromatic heterocycles. The number of rotatable bonds is 2. The van der Waals surface area contributed by atoms with Gasteiger partial charge in [-0.2, -0.15) is 0 Å². The van der Waals surface area contributed by atoms with Crippen LogP contribution in [0.1, 0.15) is 28.9 Å². The van der Waals surface area contributed by atoms with Crippen molar-refractivity contribution in [3.05, 3.63) is 28.1 Å². The Morgan fingerprint density at radius 2 is 2.09 bits per heavy atom. The molecular formula is C16H17ClN2O2S2. The van der Waals surface area contributed by atoms with Crippen molar-refractivity contribution in [1.82, 2.24) is 10.2 Å². The van der Waals surface area contributed by atoms with Crippen molar-refractivity contribution in [2.24, 2.45) is 0 Å². The van der Waals surface area contributed by atoms with E-state index in [-0.39, 0.29) is 5.91 Å². The highest BCUT2D eigenvalue weighted by molar-refractivity contribution is 7.80. The van der Waals surface area contributed by atoms with Gasteiger partial charge in [-0.1, -0.05) is 11.6 Å². The van der Waals surface area contributed by atoms with Crippen LogP contribution in [0.5, 0.6) is 5.75 Å². The largest absolute Gasteiger partial charge is 0.497 e. The molecule has 0 saturated carbocycles. The van der Waals surface area contributed by atoms with E-state index in [1.807, 2.05) is 23.1 Å². The number of ether oxygens (including phenoxy) is 1. The van der Waals surface area contributed by atoms with Gasteiger partial charge in [-0.15, -0.1) is 11.3 Å². The van der Waals surface area contributed by atoms with Gasteiger partial charge >= 0.3 is 0 Å². The number of likely N-dealkylation sites (tertiary alicyclic amines) is 1. The Kier molecular flexibility index (Phi) is 5.04. The molecule has 4 nitrogen and oxygen atoms in total. The predicted octanol–water partition coefficient (Wildman–Crippen LogP) is 4.06. The van der Waals surface area contributed by atoms with Gasteiger partial charge in [0.05, 0.1) is 12.1 Å². The Bertz CT molecular complexity index is 754. The van der Waals surface area contributed by atoms with Crippen LogP contribution in [0, 0.1) is 0 Å². The zero-order valence-electron chi connectivity index (χ0n) is 12.7. The first-order chi connectivity index (χ1) is 11.1. The van der Waals surface area contributed by atoms with Crippen LogP contribution in [0.2, 0.25) is 5.02 Å². The van der Waals surface area contributed by atoms with Crippen molar-refractivity contribution in [2.45, 2.75) is 19.3 Å². The lowest BCUT2D eigenvalue weighted by Crippen LogP contribution is -2.44. The molecule has 1 aromatic carbocycles. The fraction of sp³-hybridized carbons (Fsp3) is 0.375. The van der Waals surface area contributed by atoms with E-state index in [4.69, 9.17) is 28.6 Å². The van der Waals surface area contributed by atoms with E-state index < -0.39 is 0 Å². The van der Waals surface area contributed by atoms with Gasteiger partial charge in [-0.25, -0.2) is 0 Å². The predicted molar refractivity (Wildman–Crippen MR) is 98.9 cm³/mol. The van der Waals surface area contributed by atoms with E-state index >= 15 is 0 Å². The van der Waals surface area contributed by atoms with Crippen LogP contribution in [0.4, 0.5) is 0 Å². The molecule has 0 atom stereocenters. The van der Waals surface area contributed by atoms with Crippen LogP contribution < -0.4 is 10.1 Å². The maximum absolute atomic E-state index is 12.5. The third kappa shape index (κ3) is 3.44. The molecule has 0 radical (unpaired) electrons. The maximum Gasteiger partial charge on any atom is 0.269 e. The zero-order valence-corrected chi connectivity index (χ0v) is 15.1. The van der Waals surface area contributed by atoms with E-state index in [0.29, 0.717) is 15.0 Å². The molecule has 7 heteroatoms. The first-order valence-corrected chi connectivity index (χ1v) is 9.06. The zero-order chi connectivity index (χ0) is 16.4. The number of carbonyl (C=O) groups is 1.